The van der Waals surface area contributed by atoms with E-state index >= 15 is 0 Å². The first-order valence-electron chi connectivity index (χ1n) is 5.29. The normalized spacial score (nSPS) is 12.6. The third-order valence-electron chi connectivity index (χ3n) is 2.33. The first-order chi connectivity index (χ1) is 7.56. The van der Waals surface area contributed by atoms with Crippen molar-refractivity contribution in [2.45, 2.75) is 33.2 Å². The van der Waals surface area contributed by atoms with Gasteiger partial charge >= 0.3 is 6.01 Å². The van der Waals surface area contributed by atoms with Crippen molar-refractivity contribution < 1.29 is 4.74 Å². The summed E-state index contributed by atoms with van der Waals surface area (Å²) in [6, 6.07) is 0.532. The van der Waals surface area contributed by atoms with Crippen LogP contribution in [0.15, 0.2) is 0 Å². The zero-order valence-electron chi connectivity index (χ0n) is 9.99. The van der Waals surface area contributed by atoms with Gasteiger partial charge in [-0.15, -0.1) is 0 Å². The maximum atomic E-state index is 5.75. The number of hydrogen-bond acceptors (Lipinski definition) is 5. The molecule has 0 spiro atoms. The summed E-state index contributed by atoms with van der Waals surface area (Å²) in [6.45, 7) is 6.39. The molecule has 0 radical (unpaired) electrons. The maximum Gasteiger partial charge on any atom is 0.322 e. The molecule has 5 nitrogen and oxygen atoms in total. The minimum Gasteiger partial charge on any atom is -0.467 e. The molecule has 16 heavy (non-hydrogen) atoms. The van der Waals surface area contributed by atoms with Crippen LogP contribution in [0.1, 0.15) is 27.2 Å². The summed E-state index contributed by atoms with van der Waals surface area (Å²) >= 11 is 5.75. The molecule has 1 aromatic rings. The lowest BCUT2D eigenvalue weighted by Crippen LogP contribution is -2.26. The van der Waals surface area contributed by atoms with E-state index in [1.165, 1.54) is 7.11 Å². The van der Waals surface area contributed by atoms with E-state index in [0.717, 1.165) is 6.42 Å². The second-order valence-electron chi connectivity index (χ2n) is 3.82. The number of rotatable bonds is 5. The maximum absolute atomic E-state index is 5.75. The topological polar surface area (TPSA) is 59.9 Å². The Morgan fingerprint density at radius 3 is 2.50 bits per heavy atom. The van der Waals surface area contributed by atoms with Crippen LogP contribution in [0.5, 0.6) is 6.01 Å². The summed E-state index contributed by atoms with van der Waals surface area (Å²) in [5.74, 6) is 0.948. The molecule has 1 heterocycles. The molecule has 1 aromatic heterocycles. The van der Waals surface area contributed by atoms with Gasteiger partial charge in [-0.05, 0) is 23.9 Å². The molecule has 1 unspecified atom stereocenters. The van der Waals surface area contributed by atoms with Crippen molar-refractivity contribution in [2.24, 2.45) is 5.92 Å². The lowest BCUT2D eigenvalue weighted by Gasteiger charge is -2.20. The van der Waals surface area contributed by atoms with Crippen molar-refractivity contribution >= 4 is 17.5 Å². The molecule has 0 aliphatic heterocycles. The fourth-order valence-electron chi connectivity index (χ4n) is 1.39. The van der Waals surface area contributed by atoms with Crippen molar-refractivity contribution in [3.63, 3.8) is 0 Å². The van der Waals surface area contributed by atoms with Crippen molar-refractivity contribution in [3.8, 4) is 6.01 Å². The number of anilines is 1. The van der Waals surface area contributed by atoms with Crippen LogP contribution in [-0.2, 0) is 0 Å². The molecule has 90 valence electrons. The van der Waals surface area contributed by atoms with Crippen LogP contribution in [0, 0.1) is 5.92 Å². The number of halogens is 1. The Balaban J connectivity index is 2.83. The fourth-order valence-corrected chi connectivity index (χ4v) is 1.55. The van der Waals surface area contributed by atoms with Gasteiger partial charge in [-0.25, -0.2) is 0 Å². The van der Waals surface area contributed by atoms with Gasteiger partial charge in [0.1, 0.15) is 0 Å². The van der Waals surface area contributed by atoms with Crippen LogP contribution < -0.4 is 10.1 Å². The first-order valence-corrected chi connectivity index (χ1v) is 5.66. The number of nitrogens with one attached hydrogen (secondary N) is 1. The molecule has 0 fully saturated rings. The van der Waals surface area contributed by atoms with Gasteiger partial charge in [0.15, 0.2) is 0 Å². The molecule has 1 N–H and O–H groups in total. The van der Waals surface area contributed by atoms with Crippen LogP contribution in [0.3, 0.4) is 0 Å². The molecular formula is C10H17ClN4O. The summed E-state index contributed by atoms with van der Waals surface area (Å²) in [5, 5.41) is 3.35. The van der Waals surface area contributed by atoms with Crippen LogP contribution in [-0.4, -0.2) is 28.1 Å². The smallest absolute Gasteiger partial charge is 0.322 e. The second-order valence-corrected chi connectivity index (χ2v) is 4.16. The van der Waals surface area contributed by atoms with E-state index in [2.05, 4.69) is 41.0 Å². The van der Waals surface area contributed by atoms with Gasteiger partial charge in [0.2, 0.25) is 11.2 Å². The minimum atomic E-state index is 0.132. The average Bonchev–Trinajstić information content (AvgIpc) is 2.24. The molecule has 1 atom stereocenters. The van der Waals surface area contributed by atoms with Gasteiger partial charge in [0, 0.05) is 6.04 Å². The molecule has 1 rings (SSSR count). The lowest BCUT2D eigenvalue weighted by molar-refractivity contribution is 0.378. The highest BCUT2D eigenvalue weighted by molar-refractivity contribution is 6.28. The number of nitrogens with zero attached hydrogens (tertiary/aromatic N) is 3. The predicted molar refractivity (Wildman–Crippen MR) is 63.9 cm³/mol. The minimum absolute atomic E-state index is 0.132. The third kappa shape index (κ3) is 3.48. The standard InChI is InChI=1S/C10H17ClN4O/c1-5-7(6(2)3)12-9-13-8(11)14-10(15-9)16-4/h6-7H,5H2,1-4H3,(H,12,13,14,15). The summed E-state index contributed by atoms with van der Waals surface area (Å²) in [4.78, 5) is 11.9. The van der Waals surface area contributed by atoms with E-state index in [9.17, 15) is 0 Å². The van der Waals surface area contributed by atoms with E-state index in [4.69, 9.17) is 16.3 Å². The predicted octanol–water partition coefficient (Wildman–Crippen LogP) is 2.38. The second kappa shape index (κ2) is 5.84. The van der Waals surface area contributed by atoms with E-state index in [0.29, 0.717) is 17.9 Å². The van der Waals surface area contributed by atoms with Crippen LogP contribution >= 0.6 is 11.6 Å². The highest BCUT2D eigenvalue weighted by atomic mass is 35.5. The Morgan fingerprint density at radius 1 is 1.31 bits per heavy atom. The quantitative estimate of drug-likeness (QED) is 0.862. The molecule has 0 amide bonds. The van der Waals surface area contributed by atoms with Crippen molar-refractivity contribution in [1.82, 2.24) is 15.0 Å². The highest BCUT2D eigenvalue weighted by Gasteiger charge is 2.13. The van der Waals surface area contributed by atoms with Gasteiger partial charge in [0.25, 0.3) is 0 Å². The number of methoxy groups -OCH3 is 1. The first kappa shape index (κ1) is 13.0. The zero-order chi connectivity index (χ0) is 12.1. The molecule has 0 saturated carbocycles. The molecule has 0 bridgehead atoms. The summed E-state index contributed by atoms with van der Waals surface area (Å²) in [7, 11) is 1.50. The third-order valence-corrected chi connectivity index (χ3v) is 2.50. The van der Waals surface area contributed by atoms with Gasteiger partial charge in [0.05, 0.1) is 7.11 Å². The molecule has 6 heteroatoms. The van der Waals surface area contributed by atoms with Crippen molar-refractivity contribution in [1.29, 1.82) is 0 Å². The van der Waals surface area contributed by atoms with E-state index in [1.807, 2.05) is 0 Å². The number of aromatic nitrogens is 3. The van der Waals surface area contributed by atoms with E-state index in [1.54, 1.807) is 0 Å². The molecule has 0 aliphatic rings. The SMILES string of the molecule is CCC(Nc1nc(Cl)nc(OC)n1)C(C)C. The van der Waals surface area contributed by atoms with E-state index in [-0.39, 0.29) is 11.3 Å². The average molecular weight is 245 g/mol. The Kier molecular flexibility index (Phi) is 4.73. The Labute approximate surface area is 101 Å². The van der Waals surface area contributed by atoms with Gasteiger partial charge in [-0.1, -0.05) is 20.8 Å². The van der Waals surface area contributed by atoms with Gasteiger partial charge in [-0.3, -0.25) is 0 Å². The summed E-state index contributed by atoms with van der Waals surface area (Å²) in [6.07, 6.45) is 0.989. The van der Waals surface area contributed by atoms with E-state index < -0.39 is 0 Å². The number of hydrogen-bond donors (Lipinski definition) is 1. The van der Waals surface area contributed by atoms with Crippen molar-refractivity contribution in [3.05, 3.63) is 5.28 Å². The monoisotopic (exact) mass is 244 g/mol. The van der Waals surface area contributed by atoms with Crippen LogP contribution in [0.4, 0.5) is 5.95 Å². The van der Waals surface area contributed by atoms with Gasteiger partial charge in [-0.2, -0.15) is 15.0 Å². The van der Waals surface area contributed by atoms with Crippen molar-refractivity contribution in [2.75, 3.05) is 12.4 Å². The molecule has 0 aliphatic carbocycles. The van der Waals surface area contributed by atoms with Crippen LogP contribution in [0.2, 0.25) is 5.28 Å². The Bertz CT molecular complexity index is 346. The Morgan fingerprint density at radius 2 is 2.00 bits per heavy atom. The van der Waals surface area contributed by atoms with Gasteiger partial charge < -0.3 is 10.1 Å². The summed E-state index contributed by atoms with van der Waals surface area (Å²) in [5.41, 5.74) is 0. The fraction of sp³-hybridized carbons (Fsp3) is 0.700. The molecule has 0 aromatic carbocycles. The Hall–Kier alpha value is -1.10. The zero-order valence-corrected chi connectivity index (χ0v) is 10.7. The summed E-state index contributed by atoms with van der Waals surface area (Å²) < 4.78 is 4.92. The number of ether oxygens (including phenoxy) is 1. The molecular weight excluding hydrogens is 228 g/mol. The lowest BCUT2D eigenvalue weighted by atomic mass is 10.0. The molecule has 0 saturated heterocycles. The van der Waals surface area contributed by atoms with Crippen LogP contribution in [0.25, 0.3) is 0 Å². The highest BCUT2D eigenvalue weighted by Crippen LogP contribution is 2.15. The largest absolute Gasteiger partial charge is 0.467 e.